The van der Waals surface area contributed by atoms with E-state index in [0.717, 1.165) is 0 Å². The molecule has 0 atom stereocenters. The van der Waals surface area contributed by atoms with Gasteiger partial charge in [-0.1, -0.05) is 18.2 Å². The topological polar surface area (TPSA) is 69.7 Å². The molecule has 1 aromatic carbocycles. The zero-order chi connectivity index (χ0) is 14.0. The van der Waals surface area contributed by atoms with Gasteiger partial charge in [-0.15, -0.1) is 4.49 Å². The minimum atomic E-state index is -3.80. The third-order valence-corrected chi connectivity index (χ3v) is 7.35. The summed E-state index contributed by atoms with van der Waals surface area (Å²) >= 11 is 0. The van der Waals surface area contributed by atoms with E-state index >= 15 is 0 Å². The highest BCUT2D eigenvalue weighted by Crippen LogP contribution is 2.46. The first-order valence-electron chi connectivity index (χ1n) is 5.25. The molecule has 8 heteroatoms. The first-order valence-corrected chi connectivity index (χ1v) is 8.34. The monoisotopic (exact) mass is 291 g/mol. The molecule has 1 N–H and O–H groups in total. The smallest absolute Gasteiger partial charge is 0.270 e. The van der Waals surface area contributed by atoms with E-state index in [1.165, 1.54) is 21.5 Å². The lowest BCUT2D eigenvalue weighted by Gasteiger charge is -2.30. The number of hydrogen-bond acceptors (Lipinski definition) is 3. The molecule has 0 radical (unpaired) electrons. The Hall–Kier alpha value is -0.720. The van der Waals surface area contributed by atoms with Crippen LogP contribution in [0.15, 0.2) is 35.2 Å². The van der Waals surface area contributed by atoms with Crippen LogP contribution in [-0.4, -0.2) is 45.9 Å². The molecule has 0 spiro atoms. The predicted octanol–water partition coefficient (Wildman–Crippen LogP) is 1.20. The van der Waals surface area contributed by atoms with Crippen molar-refractivity contribution in [3.05, 3.63) is 30.3 Å². The van der Waals surface area contributed by atoms with Crippen molar-refractivity contribution in [1.29, 1.82) is 0 Å². The molecule has 0 aliphatic carbocycles. The zero-order valence-corrected chi connectivity index (χ0v) is 12.6. The number of nitrogens with one attached hydrogen (secondary N) is 1. The molecule has 1 aromatic rings. The van der Waals surface area contributed by atoms with Crippen molar-refractivity contribution in [2.45, 2.75) is 4.90 Å². The van der Waals surface area contributed by atoms with Gasteiger partial charge in [0.2, 0.25) is 10.0 Å². The van der Waals surface area contributed by atoms with Gasteiger partial charge in [-0.05, 0) is 40.3 Å². The highest BCUT2D eigenvalue weighted by molar-refractivity contribution is 7.95. The fourth-order valence-corrected chi connectivity index (χ4v) is 5.54. The summed E-state index contributed by atoms with van der Waals surface area (Å²) in [7, 11) is -0.871. The average molecular weight is 291 g/mol. The molecule has 0 bridgehead atoms. The summed E-state index contributed by atoms with van der Waals surface area (Å²) in [5, 5.41) is 0. The van der Waals surface area contributed by atoms with Crippen molar-refractivity contribution in [3.8, 4) is 0 Å². The minimum Gasteiger partial charge on any atom is -0.270 e. The number of hydrogen-bond donors (Lipinski definition) is 1. The molecular weight excluding hydrogens is 273 g/mol. The molecule has 0 amide bonds. The van der Waals surface area contributed by atoms with Gasteiger partial charge in [-0.25, -0.2) is 17.8 Å². The summed E-state index contributed by atoms with van der Waals surface area (Å²) in [6.07, 6.45) is 0. The van der Waals surface area contributed by atoms with Gasteiger partial charge in [0.1, 0.15) is 0 Å². The van der Waals surface area contributed by atoms with Gasteiger partial charge in [0.15, 0.2) is 0 Å². The van der Waals surface area contributed by atoms with Crippen LogP contribution in [-0.2, 0) is 14.6 Å². The standard InChI is InChI=1S/C10H18N3O3PS/c1-12(2)17(14,13(3)4)11-18(15,16)10-8-6-5-7-9-10/h5-9H,1-4H3,(H,11,14). The summed E-state index contributed by atoms with van der Waals surface area (Å²) in [6, 6.07) is 7.86. The van der Waals surface area contributed by atoms with Crippen molar-refractivity contribution in [1.82, 2.24) is 13.8 Å². The quantitative estimate of drug-likeness (QED) is 0.825. The normalized spacial score (nSPS) is 13.2. The van der Waals surface area contributed by atoms with Crippen molar-refractivity contribution >= 4 is 17.6 Å². The van der Waals surface area contributed by atoms with Crippen LogP contribution in [0.4, 0.5) is 0 Å². The molecule has 0 saturated heterocycles. The Morgan fingerprint density at radius 3 is 1.83 bits per heavy atom. The maximum Gasteiger partial charge on any atom is 0.296 e. The first kappa shape index (κ1) is 15.3. The average Bonchev–Trinajstić information content (AvgIpc) is 2.29. The second-order valence-corrected chi connectivity index (χ2v) is 9.04. The summed E-state index contributed by atoms with van der Waals surface area (Å²) in [6.45, 7) is 0. The lowest BCUT2D eigenvalue weighted by atomic mass is 10.4. The van der Waals surface area contributed by atoms with Crippen LogP contribution in [0.5, 0.6) is 0 Å². The predicted molar refractivity (Wildman–Crippen MR) is 71.7 cm³/mol. The lowest BCUT2D eigenvalue weighted by molar-refractivity contribution is 0.442. The van der Waals surface area contributed by atoms with Crippen LogP contribution in [0.2, 0.25) is 0 Å². The Kier molecular flexibility index (Phi) is 4.69. The Bertz CT molecular complexity index is 531. The second-order valence-electron chi connectivity index (χ2n) is 4.15. The van der Waals surface area contributed by atoms with Gasteiger partial charge in [0.25, 0.3) is 7.59 Å². The molecule has 0 saturated carbocycles. The fraction of sp³-hybridized carbons (Fsp3) is 0.400. The van der Waals surface area contributed by atoms with Gasteiger partial charge in [-0.3, -0.25) is 4.57 Å². The molecule has 0 unspecified atom stereocenters. The van der Waals surface area contributed by atoms with E-state index in [1.54, 1.807) is 46.4 Å². The molecule has 0 aliphatic rings. The molecule has 0 heterocycles. The zero-order valence-electron chi connectivity index (χ0n) is 10.9. The number of rotatable bonds is 5. The SMILES string of the molecule is CN(C)P(=O)(NS(=O)(=O)c1ccccc1)N(C)C. The number of nitrogens with zero attached hydrogens (tertiary/aromatic N) is 2. The van der Waals surface area contributed by atoms with E-state index in [0.29, 0.717) is 0 Å². The summed E-state index contributed by atoms with van der Waals surface area (Å²) < 4.78 is 41.8. The van der Waals surface area contributed by atoms with Crippen molar-refractivity contribution in [2.75, 3.05) is 28.2 Å². The van der Waals surface area contributed by atoms with E-state index in [2.05, 4.69) is 4.49 Å². The van der Waals surface area contributed by atoms with Gasteiger partial charge in [-0.2, -0.15) is 0 Å². The summed E-state index contributed by atoms with van der Waals surface area (Å²) in [5.41, 5.74) is 0. The Morgan fingerprint density at radius 2 is 1.44 bits per heavy atom. The second kappa shape index (κ2) is 5.50. The molecule has 0 fully saturated rings. The Balaban J connectivity index is 3.14. The van der Waals surface area contributed by atoms with Gasteiger partial charge >= 0.3 is 0 Å². The van der Waals surface area contributed by atoms with E-state index < -0.39 is 17.6 Å². The fourth-order valence-electron chi connectivity index (χ4n) is 1.33. The van der Waals surface area contributed by atoms with Gasteiger partial charge in [0.05, 0.1) is 4.90 Å². The van der Waals surface area contributed by atoms with Gasteiger partial charge < -0.3 is 0 Å². The summed E-state index contributed by atoms with van der Waals surface area (Å²) in [5.74, 6) is 0. The first-order chi connectivity index (χ1) is 8.20. The third-order valence-electron chi connectivity index (χ3n) is 2.38. The molecule has 6 nitrogen and oxygen atoms in total. The van der Waals surface area contributed by atoms with Crippen molar-refractivity contribution in [2.24, 2.45) is 0 Å². The van der Waals surface area contributed by atoms with Crippen molar-refractivity contribution in [3.63, 3.8) is 0 Å². The van der Waals surface area contributed by atoms with E-state index in [-0.39, 0.29) is 4.90 Å². The van der Waals surface area contributed by atoms with Crippen LogP contribution in [0, 0.1) is 0 Å². The maximum atomic E-state index is 12.6. The largest absolute Gasteiger partial charge is 0.296 e. The molecule has 0 aromatic heterocycles. The molecule has 0 aliphatic heterocycles. The third kappa shape index (κ3) is 3.18. The molecule has 102 valence electrons. The van der Waals surface area contributed by atoms with Gasteiger partial charge in [0, 0.05) is 0 Å². The maximum absolute atomic E-state index is 12.6. The van der Waals surface area contributed by atoms with Crippen LogP contribution in [0.25, 0.3) is 0 Å². The van der Waals surface area contributed by atoms with Crippen LogP contribution in [0.3, 0.4) is 0 Å². The molecule has 18 heavy (non-hydrogen) atoms. The Morgan fingerprint density at radius 1 is 1.00 bits per heavy atom. The van der Waals surface area contributed by atoms with E-state index in [9.17, 15) is 13.0 Å². The molecule has 1 rings (SSSR count). The number of benzene rings is 1. The van der Waals surface area contributed by atoms with E-state index in [4.69, 9.17) is 0 Å². The summed E-state index contributed by atoms with van der Waals surface area (Å²) in [4.78, 5) is 0.0916. The van der Waals surface area contributed by atoms with Crippen LogP contribution < -0.4 is 4.49 Å². The Labute approximate surface area is 108 Å². The van der Waals surface area contributed by atoms with Crippen LogP contribution >= 0.6 is 7.59 Å². The highest BCUT2D eigenvalue weighted by Gasteiger charge is 2.33. The lowest BCUT2D eigenvalue weighted by Crippen LogP contribution is -2.34. The van der Waals surface area contributed by atoms with Crippen molar-refractivity contribution < 1.29 is 13.0 Å². The van der Waals surface area contributed by atoms with E-state index in [1.807, 2.05) is 0 Å². The van der Waals surface area contributed by atoms with Crippen LogP contribution in [0.1, 0.15) is 0 Å². The number of sulfonamides is 1. The highest BCUT2D eigenvalue weighted by atomic mass is 32.2. The molecular formula is C10H18N3O3PS. The minimum absolute atomic E-state index is 0.0916.